The second kappa shape index (κ2) is 8.47. The minimum atomic E-state index is -0.0424. The Kier molecular flexibility index (Phi) is 6.34. The lowest BCUT2D eigenvalue weighted by Crippen LogP contribution is -2.35. The number of aryl methyl sites for hydroxylation is 2. The molecule has 2 aromatic carbocycles. The summed E-state index contributed by atoms with van der Waals surface area (Å²) in [5.41, 5.74) is 3.97. The summed E-state index contributed by atoms with van der Waals surface area (Å²) in [7, 11) is 1.76. The van der Waals surface area contributed by atoms with Gasteiger partial charge in [-0.3, -0.25) is 9.59 Å². The molecule has 2 amide bonds. The highest BCUT2D eigenvalue weighted by Crippen LogP contribution is 2.26. The quantitative estimate of drug-likeness (QED) is 0.800. The summed E-state index contributed by atoms with van der Waals surface area (Å²) in [6, 6.07) is 15.6. The van der Waals surface area contributed by atoms with Gasteiger partial charge in [-0.15, -0.1) is 0 Å². The van der Waals surface area contributed by atoms with Crippen LogP contribution in [0.15, 0.2) is 48.5 Å². The van der Waals surface area contributed by atoms with Crippen LogP contribution in [-0.4, -0.2) is 25.4 Å². The van der Waals surface area contributed by atoms with Gasteiger partial charge in [-0.2, -0.15) is 0 Å². The molecule has 0 fully saturated rings. The van der Waals surface area contributed by atoms with Crippen molar-refractivity contribution in [3.05, 3.63) is 59.7 Å². The van der Waals surface area contributed by atoms with E-state index in [1.165, 1.54) is 0 Å². The van der Waals surface area contributed by atoms with Crippen molar-refractivity contribution in [2.24, 2.45) is 0 Å². The smallest absolute Gasteiger partial charge is 0.228 e. The van der Waals surface area contributed by atoms with Crippen molar-refractivity contribution < 1.29 is 9.59 Å². The molecule has 0 radical (unpaired) electrons. The molecule has 0 unspecified atom stereocenters. The zero-order valence-corrected chi connectivity index (χ0v) is 15.5. The van der Waals surface area contributed by atoms with E-state index in [2.05, 4.69) is 6.92 Å². The standard InChI is InChI=1S/C21H26N2O2/c1-5-18-11-9-10-16(2)21(18)23(17(3)24)15-14-20(25)22(4)19-12-7-6-8-13-19/h6-13H,5,14-15H2,1-4H3. The van der Waals surface area contributed by atoms with Crippen LogP contribution in [0, 0.1) is 6.92 Å². The molecular weight excluding hydrogens is 312 g/mol. The van der Waals surface area contributed by atoms with E-state index < -0.39 is 0 Å². The highest BCUT2D eigenvalue weighted by Gasteiger charge is 2.19. The fourth-order valence-corrected chi connectivity index (χ4v) is 2.99. The van der Waals surface area contributed by atoms with Crippen LogP contribution in [0.3, 0.4) is 0 Å². The van der Waals surface area contributed by atoms with Crippen molar-refractivity contribution in [3.63, 3.8) is 0 Å². The number of para-hydroxylation sites is 2. The van der Waals surface area contributed by atoms with E-state index in [1.54, 1.807) is 23.8 Å². The van der Waals surface area contributed by atoms with Crippen molar-refractivity contribution in [1.82, 2.24) is 0 Å². The SMILES string of the molecule is CCc1cccc(C)c1N(CCC(=O)N(C)c1ccccc1)C(C)=O. The van der Waals surface area contributed by atoms with Crippen LogP contribution < -0.4 is 9.80 Å². The lowest BCUT2D eigenvalue weighted by atomic mass is 10.0. The van der Waals surface area contributed by atoms with Gasteiger partial charge >= 0.3 is 0 Å². The number of amides is 2. The number of benzene rings is 2. The third kappa shape index (κ3) is 4.47. The van der Waals surface area contributed by atoms with Crippen LogP contribution in [-0.2, 0) is 16.0 Å². The number of carbonyl (C=O) groups excluding carboxylic acids is 2. The fraction of sp³-hybridized carbons (Fsp3) is 0.333. The van der Waals surface area contributed by atoms with Crippen LogP contribution >= 0.6 is 0 Å². The van der Waals surface area contributed by atoms with Gasteiger partial charge in [-0.1, -0.05) is 43.3 Å². The first-order chi connectivity index (χ1) is 12.0. The maximum Gasteiger partial charge on any atom is 0.228 e. The summed E-state index contributed by atoms with van der Waals surface area (Å²) in [5.74, 6) is -0.0525. The van der Waals surface area contributed by atoms with Crippen LogP contribution in [0.1, 0.15) is 31.4 Å². The number of rotatable bonds is 6. The van der Waals surface area contributed by atoms with Gasteiger partial charge in [0.1, 0.15) is 0 Å². The summed E-state index contributed by atoms with van der Waals surface area (Å²) in [5, 5.41) is 0. The van der Waals surface area contributed by atoms with Crippen molar-refractivity contribution in [1.29, 1.82) is 0 Å². The first-order valence-electron chi connectivity index (χ1n) is 8.64. The van der Waals surface area contributed by atoms with E-state index in [1.807, 2.05) is 55.5 Å². The second-order valence-electron chi connectivity index (χ2n) is 6.15. The van der Waals surface area contributed by atoms with Crippen molar-refractivity contribution in [3.8, 4) is 0 Å². The zero-order valence-electron chi connectivity index (χ0n) is 15.5. The van der Waals surface area contributed by atoms with Gasteiger partial charge in [0, 0.05) is 38.3 Å². The maximum atomic E-state index is 12.5. The summed E-state index contributed by atoms with van der Waals surface area (Å²) >= 11 is 0. The number of hydrogen-bond donors (Lipinski definition) is 0. The number of nitrogens with zero attached hydrogens (tertiary/aromatic N) is 2. The zero-order chi connectivity index (χ0) is 18.4. The minimum absolute atomic E-state index is 0.0101. The molecule has 2 rings (SSSR count). The Hall–Kier alpha value is -2.62. The molecule has 0 saturated heterocycles. The Bertz CT molecular complexity index is 741. The Balaban J connectivity index is 2.16. The van der Waals surface area contributed by atoms with Gasteiger partial charge < -0.3 is 9.80 Å². The van der Waals surface area contributed by atoms with E-state index in [0.29, 0.717) is 6.54 Å². The molecule has 132 valence electrons. The predicted molar refractivity (Wildman–Crippen MR) is 103 cm³/mol. The molecular formula is C21H26N2O2. The third-order valence-electron chi connectivity index (χ3n) is 4.42. The van der Waals surface area contributed by atoms with Gasteiger partial charge in [-0.25, -0.2) is 0 Å². The first-order valence-corrected chi connectivity index (χ1v) is 8.64. The van der Waals surface area contributed by atoms with E-state index in [9.17, 15) is 9.59 Å². The van der Waals surface area contributed by atoms with Gasteiger partial charge in [0.25, 0.3) is 0 Å². The first kappa shape index (κ1) is 18.7. The number of carbonyl (C=O) groups is 2. The average molecular weight is 338 g/mol. The molecule has 4 heteroatoms. The molecule has 0 aliphatic heterocycles. The monoisotopic (exact) mass is 338 g/mol. The lowest BCUT2D eigenvalue weighted by Gasteiger charge is -2.26. The topological polar surface area (TPSA) is 40.6 Å². The lowest BCUT2D eigenvalue weighted by molar-refractivity contribution is -0.118. The highest BCUT2D eigenvalue weighted by atomic mass is 16.2. The number of anilines is 2. The fourth-order valence-electron chi connectivity index (χ4n) is 2.99. The van der Waals surface area contributed by atoms with E-state index in [4.69, 9.17) is 0 Å². The van der Waals surface area contributed by atoms with Crippen LogP contribution in [0.4, 0.5) is 11.4 Å². The largest absolute Gasteiger partial charge is 0.315 e. The molecule has 0 aliphatic carbocycles. The third-order valence-corrected chi connectivity index (χ3v) is 4.42. The van der Waals surface area contributed by atoms with Gasteiger partial charge in [-0.05, 0) is 36.6 Å². The molecule has 0 spiro atoms. The molecule has 0 N–H and O–H groups in total. The maximum absolute atomic E-state index is 12.5. The average Bonchev–Trinajstić information content (AvgIpc) is 2.62. The summed E-state index contributed by atoms with van der Waals surface area (Å²) < 4.78 is 0. The molecule has 0 heterocycles. The van der Waals surface area contributed by atoms with Crippen molar-refractivity contribution in [2.75, 3.05) is 23.4 Å². The van der Waals surface area contributed by atoms with Gasteiger partial charge in [0.2, 0.25) is 11.8 Å². The van der Waals surface area contributed by atoms with Gasteiger partial charge in [0.05, 0.1) is 0 Å². The van der Waals surface area contributed by atoms with Crippen molar-refractivity contribution in [2.45, 2.75) is 33.6 Å². The van der Waals surface area contributed by atoms with E-state index in [-0.39, 0.29) is 18.2 Å². The molecule has 0 aliphatic rings. The van der Waals surface area contributed by atoms with E-state index >= 15 is 0 Å². The molecule has 4 nitrogen and oxygen atoms in total. The van der Waals surface area contributed by atoms with E-state index in [0.717, 1.165) is 28.9 Å². The Morgan fingerprint density at radius 1 is 1.00 bits per heavy atom. The molecule has 0 atom stereocenters. The second-order valence-corrected chi connectivity index (χ2v) is 6.15. The van der Waals surface area contributed by atoms with Crippen molar-refractivity contribution >= 4 is 23.2 Å². The molecule has 0 saturated carbocycles. The Labute approximate surface area is 150 Å². The number of hydrogen-bond acceptors (Lipinski definition) is 2. The molecule has 25 heavy (non-hydrogen) atoms. The highest BCUT2D eigenvalue weighted by molar-refractivity contribution is 5.96. The van der Waals surface area contributed by atoms with Crippen LogP contribution in [0.5, 0.6) is 0 Å². The Morgan fingerprint density at radius 3 is 2.28 bits per heavy atom. The summed E-state index contributed by atoms with van der Waals surface area (Å²) in [4.78, 5) is 28.1. The Morgan fingerprint density at radius 2 is 1.68 bits per heavy atom. The molecule has 2 aromatic rings. The minimum Gasteiger partial charge on any atom is -0.315 e. The van der Waals surface area contributed by atoms with Gasteiger partial charge in [0.15, 0.2) is 0 Å². The predicted octanol–water partition coefficient (Wildman–Crippen LogP) is 3.96. The summed E-state index contributed by atoms with van der Waals surface area (Å²) in [6.45, 7) is 6.01. The normalized spacial score (nSPS) is 10.4. The summed E-state index contributed by atoms with van der Waals surface area (Å²) in [6.07, 6.45) is 1.13. The molecule has 0 aromatic heterocycles. The van der Waals surface area contributed by atoms with Crippen LogP contribution in [0.25, 0.3) is 0 Å². The molecule has 0 bridgehead atoms. The van der Waals surface area contributed by atoms with Crippen LogP contribution in [0.2, 0.25) is 0 Å².